The van der Waals surface area contributed by atoms with Gasteiger partial charge in [0.25, 0.3) is 0 Å². The molecular formula is C24H29NO6. The molecule has 0 aliphatic carbocycles. The quantitative estimate of drug-likeness (QED) is 0.672. The third-order valence-corrected chi connectivity index (χ3v) is 5.81. The molecule has 0 aromatic heterocycles. The van der Waals surface area contributed by atoms with Crippen LogP contribution in [-0.2, 0) is 16.0 Å². The molecule has 4 rings (SSSR count). The molecule has 2 aromatic carbocycles. The van der Waals surface area contributed by atoms with Gasteiger partial charge in [-0.15, -0.1) is 0 Å². The Hall–Kier alpha value is -2.77. The Morgan fingerprint density at radius 2 is 2.06 bits per heavy atom. The molecule has 3 N–H and O–H groups in total. The maximum atomic E-state index is 11.2. The van der Waals surface area contributed by atoms with E-state index in [4.69, 9.17) is 19.3 Å². The zero-order valence-electron chi connectivity index (χ0n) is 18.1. The van der Waals surface area contributed by atoms with Crippen molar-refractivity contribution in [2.24, 2.45) is 0 Å². The summed E-state index contributed by atoms with van der Waals surface area (Å²) in [6.45, 7) is 4.23. The first kappa shape index (κ1) is 21.5. The van der Waals surface area contributed by atoms with Gasteiger partial charge in [-0.2, -0.15) is 0 Å². The molecule has 1 fully saturated rings. The molecule has 2 aliphatic rings. The van der Waals surface area contributed by atoms with Crippen molar-refractivity contribution in [3.63, 3.8) is 0 Å². The second-order valence-electron chi connectivity index (χ2n) is 8.86. The summed E-state index contributed by atoms with van der Waals surface area (Å²) in [5.74, 6) is 0.337. The number of anilines is 1. The third kappa shape index (κ3) is 4.78. The number of benzene rings is 2. The molecule has 3 atom stereocenters. The second kappa shape index (κ2) is 8.40. The number of aliphatic hydroxyl groups is 1. The summed E-state index contributed by atoms with van der Waals surface area (Å²) < 4.78 is 17.4. The van der Waals surface area contributed by atoms with Gasteiger partial charge in [0.2, 0.25) is 6.10 Å². The number of aliphatic carboxylic acids is 1. The largest absolute Gasteiger partial charge is 0.496 e. The summed E-state index contributed by atoms with van der Waals surface area (Å²) in [5, 5.41) is 22.6. The molecule has 2 heterocycles. The van der Waals surface area contributed by atoms with Crippen LogP contribution in [-0.4, -0.2) is 47.6 Å². The van der Waals surface area contributed by atoms with E-state index in [0.29, 0.717) is 25.0 Å². The molecule has 2 aromatic rings. The number of rotatable bonds is 5. The van der Waals surface area contributed by atoms with Crippen molar-refractivity contribution < 1.29 is 29.2 Å². The van der Waals surface area contributed by atoms with E-state index in [1.807, 2.05) is 38.1 Å². The van der Waals surface area contributed by atoms with E-state index < -0.39 is 12.1 Å². The maximum Gasteiger partial charge on any atom is 0.346 e. The highest BCUT2D eigenvalue weighted by atomic mass is 16.5. The van der Waals surface area contributed by atoms with Gasteiger partial charge in [-0.3, -0.25) is 0 Å². The van der Waals surface area contributed by atoms with Gasteiger partial charge in [0.1, 0.15) is 11.5 Å². The van der Waals surface area contributed by atoms with Crippen molar-refractivity contribution in [2.45, 2.75) is 57.0 Å². The fourth-order valence-electron chi connectivity index (χ4n) is 4.40. The first-order valence-corrected chi connectivity index (χ1v) is 10.5. The number of carboxylic acids is 1. The van der Waals surface area contributed by atoms with Crippen LogP contribution < -0.4 is 14.8 Å². The minimum absolute atomic E-state index is 0.171. The molecule has 7 nitrogen and oxygen atoms in total. The van der Waals surface area contributed by atoms with Crippen LogP contribution in [0.2, 0.25) is 0 Å². The fourth-order valence-corrected chi connectivity index (χ4v) is 4.40. The molecule has 31 heavy (non-hydrogen) atoms. The topological polar surface area (TPSA) is 97.2 Å². The molecule has 3 unspecified atom stereocenters. The average Bonchev–Trinajstić information content (AvgIpc) is 2.71. The van der Waals surface area contributed by atoms with E-state index in [9.17, 15) is 9.90 Å². The monoisotopic (exact) mass is 427 g/mol. The summed E-state index contributed by atoms with van der Waals surface area (Å²) in [6.07, 6.45) is 0.382. The lowest BCUT2D eigenvalue weighted by Gasteiger charge is -2.39. The van der Waals surface area contributed by atoms with E-state index in [-0.39, 0.29) is 24.4 Å². The predicted molar refractivity (Wildman–Crippen MR) is 116 cm³/mol. The Labute approximate surface area is 181 Å². The Morgan fingerprint density at radius 3 is 2.77 bits per heavy atom. The molecule has 1 saturated heterocycles. The van der Waals surface area contributed by atoms with Crippen LogP contribution in [0.1, 0.15) is 49.5 Å². The predicted octanol–water partition coefficient (Wildman–Crippen LogP) is 3.53. The van der Waals surface area contributed by atoms with Crippen molar-refractivity contribution in [1.82, 2.24) is 0 Å². The number of methoxy groups -OCH3 is 1. The van der Waals surface area contributed by atoms with Gasteiger partial charge in [0.15, 0.2) is 0 Å². The number of fused-ring (bicyclic) bond motifs is 1. The SMILES string of the molecule is COc1ccc(C2CC(O)CC(C)(C)O2)cc1Cc1ccc2c(c1)NCC(C(=O)O)O2. The lowest BCUT2D eigenvalue weighted by Crippen LogP contribution is -2.38. The van der Waals surface area contributed by atoms with Crippen molar-refractivity contribution >= 4 is 11.7 Å². The molecule has 0 bridgehead atoms. The standard InChI is InChI=1S/C24H29NO6/c1-24(2)12-17(26)11-21(31-24)15-5-7-19(29-3)16(10-15)8-14-4-6-20-18(9-14)25-13-22(30-20)23(27)28/h4-7,9-10,17,21-22,25-26H,8,11-13H2,1-3H3,(H,27,28). The molecule has 0 amide bonds. The van der Waals surface area contributed by atoms with Gasteiger partial charge in [-0.1, -0.05) is 12.1 Å². The van der Waals surface area contributed by atoms with Gasteiger partial charge < -0.3 is 29.7 Å². The van der Waals surface area contributed by atoms with Gasteiger partial charge in [0, 0.05) is 19.3 Å². The number of ether oxygens (including phenoxy) is 3. The van der Waals surface area contributed by atoms with Crippen LogP contribution in [0.25, 0.3) is 0 Å². The van der Waals surface area contributed by atoms with E-state index in [1.165, 1.54) is 0 Å². The summed E-state index contributed by atoms with van der Waals surface area (Å²) in [4.78, 5) is 11.2. The van der Waals surface area contributed by atoms with E-state index in [2.05, 4.69) is 11.4 Å². The number of hydrogen-bond donors (Lipinski definition) is 3. The van der Waals surface area contributed by atoms with Crippen molar-refractivity contribution in [3.05, 3.63) is 53.1 Å². The first-order valence-electron chi connectivity index (χ1n) is 10.5. The molecular weight excluding hydrogens is 398 g/mol. The lowest BCUT2D eigenvalue weighted by molar-refractivity contribution is -0.146. The van der Waals surface area contributed by atoms with Gasteiger partial charge in [-0.25, -0.2) is 4.79 Å². The van der Waals surface area contributed by atoms with Crippen LogP contribution >= 0.6 is 0 Å². The van der Waals surface area contributed by atoms with Crippen LogP contribution in [0.4, 0.5) is 5.69 Å². The zero-order valence-corrected chi connectivity index (χ0v) is 18.1. The highest BCUT2D eigenvalue weighted by molar-refractivity contribution is 5.76. The zero-order chi connectivity index (χ0) is 22.2. The minimum Gasteiger partial charge on any atom is -0.496 e. The van der Waals surface area contributed by atoms with Gasteiger partial charge >= 0.3 is 5.97 Å². The second-order valence-corrected chi connectivity index (χ2v) is 8.86. The highest BCUT2D eigenvalue weighted by Crippen LogP contribution is 2.39. The minimum atomic E-state index is -0.984. The molecule has 2 aliphatic heterocycles. The number of hydrogen-bond acceptors (Lipinski definition) is 6. The Morgan fingerprint density at radius 1 is 1.26 bits per heavy atom. The van der Waals surface area contributed by atoms with Crippen molar-refractivity contribution in [2.75, 3.05) is 19.0 Å². The first-order chi connectivity index (χ1) is 14.7. The Balaban J connectivity index is 1.57. The average molecular weight is 427 g/mol. The van der Waals surface area contributed by atoms with Gasteiger partial charge in [-0.05, 0) is 54.8 Å². The summed E-state index contributed by atoms with van der Waals surface area (Å²) in [5.41, 5.74) is 3.49. The molecule has 7 heteroatoms. The maximum absolute atomic E-state index is 11.2. The third-order valence-electron chi connectivity index (χ3n) is 5.81. The van der Waals surface area contributed by atoms with Crippen LogP contribution in [0.5, 0.6) is 11.5 Å². The number of carbonyl (C=O) groups is 1. The summed E-state index contributed by atoms with van der Waals surface area (Å²) in [6, 6.07) is 11.7. The highest BCUT2D eigenvalue weighted by Gasteiger charge is 2.34. The summed E-state index contributed by atoms with van der Waals surface area (Å²) >= 11 is 0. The fraction of sp³-hybridized carbons (Fsp3) is 0.458. The van der Waals surface area contributed by atoms with Crippen LogP contribution in [0.3, 0.4) is 0 Å². The van der Waals surface area contributed by atoms with Crippen molar-refractivity contribution in [1.29, 1.82) is 0 Å². The lowest BCUT2D eigenvalue weighted by atomic mass is 9.89. The van der Waals surface area contributed by atoms with Gasteiger partial charge in [0.05, 0.1) is 37.2 Å². The number of nitrogens with one attached hydrogen (secondary N) is 1. The normalized spacial score (nSPS) is 24.5. The summed E-state index contributed by atoms with van der Waals surface area (Å²) in [7, 11) is 1.65. The van der Waals surface area contributed by atoms with E-state index in [1.54, 1.807) is 13.2 Å². The van der Waals surface area contributed by atoms with E-state index >= 15 is 0 Å². The molecule has 0 radical (unpaired) electrons. The Kier molecular flexibility index (Phi) is 5.81. The number of aliphatic hydroxyl groups excluding tert-OH is 1. The smallest absolute Gasteiger partial charge is 0.346 e. The van der Waals surface area contributed by atoms with Crippen molar-refractivity contribution in [3.8, 4) is 11.5 Å². The Bertz CT molecular complexity index is 973. The molecule has 0 saturated carbocycles. The van der Waals surface area contributed by atoms with E-state index in [0.717, 1.165) is 28.1 Å². The number of carboxylic acid groups (broad SMARTS) is 1. The van der Waals surface area contributed by atoms with Crippen LogP contribution in [0, 0.1) is 0 Å². The molecule has 0 spiro atoms. The molecule has 166 valence electrons. The van der Waals surface area contributed by atoms with Crippen LogP contribution in [0.15, 0.2) is 36.4 Å².